The van der Waals surface area contributed by atoms with E-state index in [0.29, 0.717) is 18.4 Å². The lowest BCUT2D eigenvalue weighted by molar-refractivity contribution is -0.123. The maximum atomic E-state index is 12.3. The molecule has 7 nitrogen and oxygen atoms in total. The number of aromatic nitrogens is 2. The topological polar surface area (TPSA) is 70.6 Å². The highest BCUT2D eigenvalue weighted by Gasteiger charge is 2.24. The smallest absolute Gasteiger partial charge is 0.220 e. The Labute approximate surface area is 149 Å². The fourth-order valence-electron chi connectivity index (χ4n) is 3.51. The number of nitrogens with zero attached hydrogens (tertiary/aromatic N) is 4. The SMILES string of the molecule is CN(C)c1cc(N2CCC(CC(=O)NC3CCOCC3)CC2)ncn1. The van der Waals surface area contributed by atoms with Gasteiger partial charge in [0.15, 0.2) is 0 Å². The lowest BCUT2D eigenvalue weighted by atomic mass is 9.93. The van der Waals surface area contributed by atoms with E-state index in [0.717, 1.165) is 63.6 Å². The molecular formula is C18H29N5O2. The Balaban J connectivity index is 1.45. The number of hydrogen-bond donors (Lipinski definition) is 1. The molecule has 25 heavy (non-hydrogen) atoms. The van der Waals surface area contributed by atoms with E-state index >= 15 is 0 Å². The molecule has 1 amide bonds. The van der Waals surface area contributed by atoms with Crippen LogP contribution >= 0.6 is 0 Å². The molecule has 0 atom stereocenters. The van der Waals surface area contributed by atoms with Crippen LogP contribution in [0.15, 0.2) is 12.4 Å². The standard InChI is InChI=1S/C18H29N5O2/c1-22(2)16-12-17(20-13-19-16)23-7-3-14(4-8-23)11-18(24)21-15-5-9-25-10-6-15/h12-15H,3-11H2,1-2H3,(H,21,24). The van der Waals surface area contributed by atoms with Gasteiger partial charge in [-0.05, 0) is 31.6 Å². The molecule has 3 rings (SSSR count). The molecule has 0 aromatic carbocycles. The second kappa shape index (κ2) is 8.47. The van der Waals surface area contributed by atoms with Crippen LogP contribution in [-0.4, -0.2) is 62.3 Å². The zero-order valence-electron chi connectivity index (χ0n) is 15.3. The van der Waals surface area contributed by atoms with E-state index in [1.807, 2.05) is 25.1 Å². The molecule has 3 heterocycles. The minimum Gasteiger partial charge on any atom is -0.381 e. The van der Waals surface area contributed by atoms with Gasteiger partial charge in [0.1, 0.15) is 18.0 Å². The molecule has 0 spiro atoms. The first kappa shape index (κ1) is 17.9. The van der Waals surface area contributed by atoms with Crippen LogP contribution in [0.5, 0.6) is 0 Å². The van der Waals surface area contributed by atoms with Gasteiger partial charge in [0.05, 0.1) is 0 Å². The van der Waals surface area contributed by atoms with Crippen LogP contribution < -0.4 is 15.1 Å². The molecule has 0 saturated carbocycles. The second-order valence-electron chi connectivity index (χ2n) is 7.22. The predicted octanol–water partition coefficient (Wildman–Crippen LogP) is 1.44. The minimum absolute atomic E-state index is 0.197. The van der Waals surface area contributed by atoms with E-state index in [4.69, 9.17) is 4.74 Å². The summed E-state index contributed by atoms with van der Waals surface area (Å²) < 4.78 is 5.34. The van der Waals surface area contributed by atoms with Gasteiger partial charge in [-0.15, -0.1) is 0 Å². The third kappa shape index (κ3) is 5.04. The molecule has 1 N–H and O–H groups in total. The first-order valence-electron chi connectivity index (χ1n) is 9.23. The largest absolute Gasteiger partial charge is 0.381 e. The van der Waals surface area contributed by atoms with E-state index in [-0.39, 0.29) is 5.91 Å². The number of anilines is 2. The molecule has 2 saturated heterocycles. The number of hydrogen-bond acceptors (Lipinski definition) is 6. The summed E-state index contributed by atoms with van der Waals surface area (Å²) in [6.07, 6.45) is 6.19. The molecule has 138 valence electrons. The van der Waals surface area contributed by atoms with Crippen LogP contribution in [0.1, 0.15) is 32.1 Å². The summed E-state index contributed by atoms with van der Waals surface area (Å²) in [5.74, 6) is 2.56. The van der Waals surface area contributed by atoms with Crippen molar-refractivity contribution in [2.24, 2.45) is 5.92 Å². The van der Waals surface area contributed by atoms with Crippen LogP contribution in [0.2, 0.25) is 0 Å². The Morgan fingerprint density at radius 3 is 2.64 bits per heavy atom. The summed E-state index contributed by atoms with van der Waals surface area (Å²) in [5.41, 5.74) is 0. The zero-order valence-corrected chi connectivity index (χ0v) is 15.3. The first-order chi connectivity index (χ1) is 12.1. The van der Waals surface area contributed by atoms with Gasteiger partial charge in [0, 0.05) is 58.9 Å². The Bertz CT molecular complexity index is 566. The molecule has 2 aliphatic heterocycles. The van der Waals surface area contributed by atoms with Gasteiger partial charge in [-0.3, -0.25) is 4.79 Å². The number of ether oxygens (including phenoxy) is 1. The summed E-state index contributed by atoms with van der Waals surface area (Å²) >= 11 is 0. The molecule has 2 aliphatic rings. The molecule has 0 aliphatic carbocycles. The zero-order chi connectivity index (χ0) is 17.6. The molecule has 2 fully saturated rings. The maximum Gasteiger partial charge on any atom is 0.220 e. The Morgan fingerprint density at radius 2 is 1.96 bits per heavy atom. The van der Waals surface area contributed by atoms with Crippen LogP contribution in [0.25, 0.3) is 0 Å². The predicted molar refractivity (Wildman–Crippen MR) is 97.9 cm³/mol. The van der Waals surface area contributed by atoms with Crippen molar-refractivity contribution in [2.75, 3.05) is 50.2 Å². The lowest BCUT2D eigenvalue weighted by Gasteiger charge is -2.33. The van der Waals surface area contributed by atoms with Crippen molar-refractivity contribution in [1.82, 2.24) is 15.3 Å². The Morgan fingerprint density at radius 1 is 1.24 bits per heavy atom. The molecule has 1 aromatic rings. The van der Waals surface area contributed by atoms with E-state index in [1.165, 1.54) is 0 Å². The van der Waals surface area contributed by atoms with Crippen LogP contribution in [0, 0.1) is 5.92 Å². The summed E-state index contributed by atoms with van der Waals surface area (Å²) in [6.45, 7) is 3.41. The van der Waals surface area contributed by atoms with Gasteiger partial charge < -0.3 is 19.9 Å². The van der Waals surface area contributed by atoms with Gasteiger partial charge in [-0.1, -0.05) is 0 Å². The Hall–Kier alpha value is -1.89. The van der Waals surface area contributed by atoms with Crippen molar-refractivity contribution in [3.63, 3.8) is 0 Å². The van der Waals surface area contributed by atoms with Gasteiger partial charge in [0.25, 0.3) is 0 Å². The number of carbonyl (C=O) groups excluding carboxylic acids is 1. The fraction of sp³-hybridized carbons (Fsp3) is 0.722. The van der Waals surface area contributed by atoms with Gasteiger partial charge in [-0.25, -0.2) is 9.97 Å². The normalized spacial score (nSPS) is 19.7. The van der Waals surface area contributed by atoms with Crippen LogP contribution in [0.3, 0.4) is 0 Å². The third-order valence-corrected chi connectivity index (χ3v) is 5.10. The second-order valence-corrected chi connectivity index (χ2v) is 7.22. The highest BCUT2D eigenvalue weighted by Crippen LogP contribution is 2.25. The number of carbonyl (C=O) groups is 1. The number of piperidine rings is 1. The molecule has 0 radical (unpaired) electrons. The van der Waals surface area contributed by atoms with Gasteiger partial charge in [0.2, 0.25) is 5.91 Å². The molecular weight excluding hydrogens is 318 g/mol. The van der Waals surface area contributed by atoms with Gasteiger partial charge >= 0.3 is 0 Å². The van der Waals surface area contributed by atoms with Crippen molar-refractivity contribution >= 4 is 17.5 Å². The summed E-state index contributed by atoms with van der Waals surface area (Å²) in [4.78, 5) is 25.2. The van der Waals surface area contributed by atoms with Gasteiger partial charge in [-0.2, -0.15) is 0 Å². The van der Waals surface area contributed by atoms with Crippen molar-refractivity contribution in [3.8, 4) is 0 Å². The van der Waals surface area contributed by atoms with E-state index < -0.39 is 0 Å². The first-order valence-corrected chi connectivity index (χ1v) is 9.23. The fourth-order valence-corrected chi connectivity index (χ4v) is 3.51. The summed E-state index contributed by atoms with van der Waals surface area (Å²) in [5, 5.41) is 3.17. The quantitative estimate of drug-likeness (QED) is 0.869. The number of nitrogens with one attached hydrogen (secondary N) is 1. The van der Waals surface area contributed by atoms with Crippen LogP contribution in [-0.2, 0) is 9.53 Å². The third-order valence-electron chi connectivity index (χ3n) is 5.10. The molecule has 1 aromatic heterocycles. The van der Waals surface area contributed by atoms with Crippen molar-refractivity contribution in [3.05, 3.63) is 12.4 Å². The summed E-state index contributed by atoms with van der Waals surface area (Å²) in [7, 11) is 3.96. The van der Waals surface area contributed by atoms with E-state index in [9.17, 15) is 4.79 Å². The number of amides is 1. The van der Waals surface area contributed by atoms with E-state index in [2.05, 4.69) is 20.2 Å². The van der Waals surface area contributed by atoms with Crippen molar-refractivity contribution in [2.45, 2.75) is 38.1 Å². The van der Waals surface area contributed by atoms with Crippen molar-refractivity contribution < 1.29 is 9.53 Å². The van der Waals surface area contributed by atoms with E-state index in [1.54, 1.807) is 6.33 Å². The molecule has 0 unspecified atom stereocenters. The number of rotatable bonds is 5. The Kier molecular flexibility index (Phi) is 6.07. The average molecular weight is 347 g/mol. The van der Waals surface area contributed by atoms with Crippen molar-refractivity contribution in [1.29, 1.82) is 0 Å². The lowest BCUT2D eigenvalue weighted by Crippen LogP contribution is -2.41. The highest BCUT2D eigenvalue weighted by atomic mass is 16.5. The van der Waals surface area contributed by atoms with Crippen LogP contribution in [0.4, 0.5) is 11.6 Å². The maximum absolute atomic E-state index is 12.3. The summed E-state index contributed by atoms with van der Waals surface area (Å²) in [6, 6.07) is 2.32. The minimum atomic E-state index is 0.197. The average Bonchev–Trinajstić information content (AvgIpc) is 2.63. The molecule has 0 bridgehead atoms. The molecule has 7 heteroatoms. The highest BCUT2D eigenvalue weighted by molar-refractivity contribution is 5.76. The monoisotopic (exact) mass is 347 g/mol.